The van der Waals surface area contributed by atoms with Gasteiger partial charge >= 0.3 is 17.1 Å². The quantitative estimate of drug-likeness (QED) is 0.163. The van der Waals surface area contributed by atoms with Gasteiger partial charge in [-0.25, -0.2) is 0 Å². The van der Waals surface area contributed by atoms with E-state index >= 15 is 0 Å². The maximum atomic E-state index is 4.35. The molecule has 0 saturated heterocycles. The summed E-state index contributed by atoms with van der Waals surface area (Å²) in [6.07, 6.45) is 28.1. The second-order valence-electron chi connectivity index (χ2n) is 8.03. The van der Waals surface area contributed by atoms with Crippen LogP contribution in [0, 0.1) is 13.3 Å². The molecule has 4 heterocycles. The maximum absolute atomic E-state index is 4.35. The van der Waals surface area contributed by atoms with Crippen LogP contribution < -0.4 is 0 Å². The zero-order valence-electron chi connectivity index (χ0n) is 22.6. The third-order valence-electron chi connectivity index (χ3n) is 5.93. The van der Waals surface area contributed by atoms with E-state index in [0.29, 0.717) is 0 Å². The first-order valence-electron chi connectivity index (χ1n) is 12.5. The predicted octanol–water partition coefficient (Wildman–Crippen LogP) is 8.66. The minimum atomic E-state index is 0. The van der Waals surface area contributed by atoms with Gasteiger partial charge in [0.2, 0.25) is 0 Å². The molecule has 0 amide bonds. The van der Waals surface area contributed by atoms with E-state index in [1.165, 1.54) is 22.8 Å². The molecule has 9 heteroatoms. The summed E-state index contributed by atoms with van der Waals surface area (Å²) in [7, 11) is 0. The molecule has 0 radical (unpaired) electrons. The summed E-state index contributed by atoms with van der Waals surface area (Å²) in [5.74, 6) is 0. The van der Waals surface area contributed by atoms with Crippen molar-refractivity contribution in [3.63, 3.8) is 0 Å². The van der Waals surface area contributed by atoms with E-state index in [4.69, 9.17) is 0 Å². The van der Waals surface area contributed by atoms with Gasteiger partial charge in [0.25, 0.3) is 0 Å². The third kappa shape index (κ3) is 7.96. The fourth-order valence-electron chi connectivity index (χ4n) is 4.28. The molecule has 0 aromatic carbocycles. The summed E-state index contributed by atoms with van der Waals surface area (Å²) in [5.41, 5.74) is 7.46. The molecule has 0 unspecified atom stereocenters. The molecule has 0 fully saturated rings. The van der Waals surface area contributed by atoms with E-state index in [2.05, 4.69) is 95.0 Å². The Kier molecular flexibility index (Phi) is 13.5. The van der Waals surface area contributed by atoms with Crippen molar-refractivity contribution in [2.24, 2.45) is 0 Å². The van der Waals surface area contributed by atoms with Crippen LogP contribution in [0.4, 0.5) is 0 Å². The van der Waals surface area contributed by atoms with Crippen LogP contribution in [0.25, 0.3) is 10.6 Å². The van der Waals surface area contributed by atoms with Crippen molar-refractivity contribution in [1.29, 1.82) is 0 Å². The van der Waals surface area contributed by atoms with Crippen LogP contribution in [0.1, 0.15) is 53.4 Å². The van der Waals surface area contributed by atoms with Crippen molar-refractivity contribution in [3.05, 3.63) is 119 Å². The number of rotatable bonds is 8. The van der Waals surface area contributed by atoms with Gasteiger partial charge in [0.15, 0.2) is 0 Å². The van der Waals surface area contributed by atoms with E-state index in [1.54, 1.807) is 23.9 Å². The molecule has 4 aliphatic rings. The van der Waals surface area contributed by atoms with Gasteiger partial charge in [-0.2, -0.15) is 12.4 Å². The Morgan fingerprint density at radius 3 is 1.30 bits per heavy atom. The molecule has 0 aliphatic carbocycles. The second-order valence-corrected chi connectivity index (χ2v) is 9.55. The minimum Gasteiger partial charge on any atom is -0.663 e. The third-order valence-corrected chi connectivity index (χ3v) is 7.35. The fraction of sp³-hybridized carbons (Fsp3) is 0.357. The van der Waals surface area contributed by atoms with Crippen molar-refractivity contribution in [3.8, 4) is 0 Å². The summed E-state index contributed by atoms with van der Waals surface area (Å²) < 4.78 is 4.47. The number of hydrogen-bond donors (Lipinski definition) is 0. The molecular formula is C28H38FeN6S2. The van der Waals surface area contributed by atoms with Crippen LogP contribution >= 0.6 is 23.9 Å². The first-order valence-corrected chi connectivity index (χ1v) is 14.8. The summed E-state index contributed by atoms with van der Waals surface area (Å²) >= 11 is 3.47. The monoisotopic (exact) mass is 578 g/mol. The van der Waals surface area contributed by atoms with Gasteiger partial charge in [-0.15, -0.1) is 24.7 Å². The summed E-state index contributed by atoms with van der Waals surface area (Å²) in [6, 6.07) is 0. The van der Waals surface area contributed by atoms with Gasteiger partial charge in [-0.3, -0.25) is 0 Å². The molecular weight excluding hydrogens is 540 g/mol. The van der Waals surface area contributed by atoms with Crippen LogP contribution in [-0.4, -0.2) is 30.9 Å². The first kappa shape index (κ1) is 31.2. The maximum Gasteiger partial charge on any atom is 4.00 e. The van der Waals surface area contributed by atoms with E-state index in [1.807, 2.05) is 48.9 Å². The van der Waals surface area contributed by atoms with E-state index in [-0.39, 0.29) is 17.1 Å². The SMILES string of the molecule is CCC1=C(CC)N(SC)[CH-]N1/C=C1/C=CC=C[N-]1.CCC1=C(CC)N(SC)[CH-]N1/C=C1/C=CC=C[N-]1.[Fe+4]. The van der Waals surface area contributed by atoms with E-state index in [9.17, 15) is 0 Å². The topological polar surface area (TPSA) is 41.2 Å². The van der Waals surface area contributed by atoms with Crippen molar-refractivity contribution >= 4 is 23.9 Å². The average Bonchev–Trinajstić information content (AvgIpc) is 3.45. The van der Waals surface area contributed by atoms with Gasteiger partial charge in [0, 0.05) is 22.8 Å². The Morgan fingerprint density at radius 1 is 0.649 bits per heavy atom. The molecule has 0 aromatic heterocycles. The molecule has 0 spiro atoms. The standard InChI is InChI=1S/2C14H19N3S.Fe/c2*1-4-13-14(5-2)17(18-3)11-16(13)10-12-8-6-7-9-15-12;/h2*6-11H,4-5H2,1-3H3;/q2*-2;+4/b2*12-10-;. The number of nitrogens with zero attached hydrogens (tertiary/aromatic N) is 6. The summed E-state index contributed by atoms with van der Waals surface area (Å²) in [6.45, 7) is 13.1. The smallest absolute Gasteiger partial charge is 0.663 e. The molecule has 6 nitrogen and oxygen atoms in total. The predicted molar refractivity (Wildman–Crippen MR) is 158 cm³/mol. The Labute approximate surface area is 243 Å². The van der Waals surface area contributed by atoms with Gasteiger partial charge in [-0.1, -0.05) is 88.0 Å². The van der Waals surface area contributed by atoms with E-state index < -0.39 is 0 Å². The summed E-state index contributed by atoms with van der Waals surface area (Å²) in [4.78, 5) is 4.38. The molecule has 0 aromatic rings. The molecule has 0 atom stereocenters. The number of allylic oxidation sites excluding steroid dienone is 10. The van der Waals surface area contributed by atoms with Gasteiger partial charge in [0.05, 0.1) is 0 Å². The van der Waals surface area contributed by atoms with Crippen molar-refractivity contribution in [1.82, 2.24) is 18.4 Å². The van der Waals surface area contributed by atoms with Crippen molar-refractivity contribution < 1.29 is 17.1 Å². The first-order chi connectivity index (χ1) is 17.6. The molecule has 4 aliphatic heterocycles. The Balaban J connectivity index is 0.000000253. The zero-order chi connectivity index (χ0) is 25.9. The van der Waals surface area contributed by atoms with Gasteiger partial charge in [-0.05, 0) is 50.6 Å². The molecule has 0 saturated carbocycles. The summed E-state index contributed by atoms with van der Waals surface area (Å²) in [5, 5.41) is 8.70. The van der Waals surface area contributed by atoms with Crippen LogP contribution in [0.5, 0.6) is 0 Å². The number of hydrogen-bond acceptors (Lipinski definition) is 6. The molecule has 0 bridgehead atoms. The largest absolute Gasteiger partial charge is 4.00 e. The Morgan fingerprint density at radius 2 is 1.03 bits per heavy atom. The van der Waals surface area contributed by atoms with Crippen LogP contribution in [0.3, 0.4) is 0 Å². The normalized spacial score (nSPS) is 20.6. The molecule has 4 rings (SSSR count). The molecule has 37 heavy (non-hydrogen) atoms. The van der Waals surface area contributed by atoms with Crippen LogP contribution in [-0.2, 0) is 17.1 Å². The van der Waals surface area contributed by atoms with Gasteiger partial charge < -0.3 is 29.0 Å². The van der Waals surface area contributed by atoms with E-state index in [0.717, 1.165) is 37.1 Å². The van der Waals surface area contributed by atoms with Crippen molar-refractivity contribution in [2.75, 3.05) is 12.5 Å². The van der Waals surface area contributed by atoms with Gasteiger partial charge in [0.1, 0.15) is 0 Å². The van der Waals surface area contributed by atoms with Crippen LogP contribution in [0.15, 0.2) is 95.4 Å². The fourth-order valence-corrected chi connectivity index (χ4v) is 5.58. The molecule has 0 N–H and O–H groups in total. The Hall–Kier alpha value is -2.06. The average molecular weight is 579 g/mol. The molecule has 200 valence electrons. The van der Waals surface area contributed by atoms with Crippen LogP contribution in [0.2, 0.25) is 0 Å². The zero-order valence-corrected chi connectivity index (χ0v) is 25.3. The Bertz CT molecular complexity index is 928. The minimum absolute atomic E-state index is 0. The second kappa shape index (κ2) is 16.0. The van der Waals surface area contributed by atoms with Crippen molar-refractivity contribution in [2.45, 2.75) is 53.4 Å².